The zero-order chi connectivity index (χ0) is 28.8. The number of pyridine rings is 1. The smallest absolute Gasteiger partial charge is 0.372 e. The second kappa shape index (κ2) is 13.2. The predicted octanol–water partition coefficient (Wildman–Crippen LogP) is 4.62. The number of piperidine rings is 2. The van der Waals surface area contributed by atoms with Gasteiger partial charge in [0.15, 0.2) is 5.69 Å². The second-order valence-electron chi connectivity index (χ2n) is 11.4. The number of piperazine rings is 1. The first-order chi connectivity index (χ1) is 19.8. The van der Waals surface area contributed by atoms with Crippen molar-refractivity contribution in [2.24, 2.45) is 11.8 Å². The minimum absolute atomic E-state index is 0.115. The molecule has 1 amide bonds. The molecule has 1 aromatic heterocycles. The number of halogens is 3. The Morgan fingerprint density at radius 2 is 1.73 bits per heavy atom. The molecule has 3 aliphatic rings. The molecule has 1 aromatic carbocycles. The molecule has 4 heterocycles. The molecule has 5 rings (SSSR count). The number of carbonyl (C=O) groups excluding carboxylic acids is 1. The maximum absolute atomic E-state index is 13.4. The first-order valence-electron chi connectivity index (χ1n) is 14.5. The molecule has 0 atom stereocenters. The van der Waals surface area contributed by atoms with Gasteiger partial charge in [0, 0.05) is 70.2 Å². The first kappa shape index (κ1) is 29.3. The summed E-state index contributed by atoms with van der Waals surface area (Å²) in [5.74, 6) is 0.936. The minimum Gasteiger partial charge on any atom is -0.372 e. The number of alkyl halides is 3. The molecule has 0 bridgehead atoms. The maximum Gasteiger partial charge on any atom is 0.407 e. The number of likely N-dealkylation sites (tertiary alicyclic amines) is 1. The fraction of sp³-hybridized carbons (Fsp3) is 0.567. The third kappa shape index (κ3) is 7.76. The van der Waals surface area contributed by atoms with Crippen LogP contribution in [-0.4, -0.2) is 79.6 Å². The molecule has 8 nitrogen and oxygen atoms in total. The number of hydrogen-bond acceptors (Lipinski definition) is 6. The van der Waals surface area contributed by atoms with E-state index < -0.39 is 17.4 Å². The summed E-state index contributed by atoms with van der Waals surface area (Å²) in [6.45, 7) is 16.7. The van der Waals surface area contributed by atoms with Gasteiger partial charge in [0.25, 0.3) is 0 Å². The summed E-state index contributed by atoms with van der Waals surface area (Å²) in [6.07, 6.45) is 0.746. The molecule has 11 heteroatoms. The Balaban J connectivity index is 1.06. The van der Waals surface area contributed by atoms with E-state index in [2.05, 4.69) is 30.3 Å². The number of benzene rings is 1. The van der Waals surface area contributed by atoms with Crippen molar-refractivity contribution in [2.75, 3.05) is 69.1 Å². The van der Waals surface area contributed by atoms with E-state index in [4.69, 9.17) is 6.57 Å². The highest BCUT2D eigenvalue weighted by Crippen LogP contribution is 2.39. The summed E-state index contributed by atoms with van der Waals surface area (Å²) < 4.78 is 40.1. The van der Waals surface area contributed by atoms with Crippen molar-refractivity contribution in [3.63, 3.8) is 0 Å². The summed E-state index contributed by atoms with van der Waals surface area (Å²) in [5.41, 5.74) is 0.221. The van der Waals surface area contributed by atoms with Crippen molar-refractivity contribution in [1.82, 2.24) is 20.1 Å². The quantitative estimate of drug-likeness (QED) is 0.475. The Morgan fingerprint density at radius 1 is 1.00 bits per heavy atom. The van der Waals surface area contributed by atoms with Gasteiger partial charge in [-0.15, -0.1) is 0 Å². The van der Waals surface area contributed by atoms with E-state index in [0.717, 1.165) is 63.4 Å². The molecule has 3 aliphatic heterocycles. The van der Waals surface area contributed by atoms with E-state index >= 15 is 0 Å². The van der Waals surface area contributed by atoms with Gasteiger partial charge in [0.1, 0.15) is 5.82 Å². The van der Waals surface area contributed by atoms with Gasteiger partial charge in [-0.2, -0.15) is 13.2 Å². The lowest BCUT2D eigenvalue weighted by Crippen LogP contribution is -2.46. The van der Waals surface area contributed by atoms with Crippen molar-refractivity contribution in [3.05, 3.63) is 59.1 Å². The van der Waals surface area contributed by atoms with Gasteiger partial charge in [0.2, 0.25) is 5.91 Å². The summed E-state index contributed by atoms with van der Waals surface area (Å²) in [7, 11) is 0. The fourth-order valence-electron chi connectivity index (χ4n) is 6.11. The Morgan fingerprint density at radius 3 is 2.37 bits per heavy atom. The summed E-state index contributed by atoms with van der Waals surface area (Å²) in [6, 6.07) is 7.66. The van der Waals surface area contributed by atoms with Gasteiger partial charge in [-0.05, 0) is 68.5 Å². The largest absolute Gasteiger partial charge is 0.407 e. The number of carbonyl (C=O) groups is 1. The highest BCUT2D eigenvalue weighted by molar-refractivity contribution is 5.91. The molecule has 2 N–H and O–H groups in total. The van der Waals surface area contributed by atoms with Crippen LogP contribution >= 0.6 is 0 Å². The standard InChI is InChI=1S/C30H38F3N7O/c1-34-27-4-3-25(18-26(27)30(31,32)33)40-14-8-24(9-15-40)29(41)37-28-5-2-23(19-36-28)21-38-12-6-22(7-13-38)20-39-16-10-35-11-17-39/h2-5,18-19,22,24,35H,6-17,20-21H2,(H,36,37,41). The number of rotatable bonds is 7. The van der Waals surface area contributed by atoms with E-state index in [1.54, 1.807) is 6.07 Å². The monoisotopic (exact) mass is 569 g/mol. The Kier molecular flexibility index (Phi) is 9.42. The summed E-state index contributed by atoms with van der Waals surface area (Å²) in [4.78, 5) is 27.3. The minimum atomic E-state index is -4.58. The van der Waals surface area contributed by atoms with Crippen LogP contribution in [0.15, 0.2) is 36.5 Å². The molecule has 0 spiro atoms. The highest BCUT2D eigenvalue weighted by atomic mass is 19.4. The molecule has 3 saturated heterocycles. The molecule has 0 saturated carbocycles. The van der Waals surface area contributed by atoms with Crippen LogP contribution < -0.4 is 15.5 Å². The van der Waals surface area contributed by atoms with Gasteiger partial charge in [-0.25, -0.2) is 9.83 Å². The maximum atomic E-state index is 13.4. The SMILES string of the molecule is [C-]#[N+]c1ccc(N2CCC(C(=O)Nc3ccc(CN4CCC(CN5CCNCC5)CC4)cn3)CC2)cc1C(F)(F)F. The average molecular weight is 570 g/mol. The van der Waals surface area contributed by atoms with Crippen molar-refractivity contribution < 1.29 is 18.0 Å². The first-order valence-corrected chi connectivity index (χ1v) is 14.5. The van der Waals surface area contributed by atoms with E-state index in [0.29, 0.717) is 37.4 Å². The molecular weight excluding hydrogens is 531 g/mol. The third-order valence-electron chi connectivity index (χ3n) is 8.55. The van der Waals surface area contributed by atoms with Crippen LogP contribution in [0.5, 0.6) is 0 Å². The molecule has 3 fully saturated rings. The van der Waals surface area contributed by atoms with E-state index in [-0.39, 0.29) is 11.8 Å². The third-order valence-corrected chi connectivity index (χ3v) is 8.55. The highest BCUT2D eigenvalue weighted by Gasteiger charge is 2.34. The molecule has 2 aromatic rings. The van der Waals surface area contributed by atoms with Crippen LogP contribution in [0.2, 0.25) is 0 Å². The van der Waals surface area contributed by atoms with E-state index in [1.807, 2.05) is 23.2 Å². The normalized spacial score (nSPS) is 20.1. The van der Waals surface area contributed by atoms with Crippen LogP contribution in [-0.2, 0) is 17.5 Å². The average Bonchev–Trinajstić information content (AvgIpc) is 2.99. The van der Waals surface area contributed by atoms with Gasteiger partial charge in [-0.3, -0.25) is 9.69 Å². The van der Waals surface area contributed by atoms with E-state index in [1.165, 1.54) is 25.5 Å². The summed E-state index contributed by atoms with van der Waals surface area (Å²) >= 11 is 0. The number of aromatic nitrogens is 1. The van der Waals surface area contributed by atoms with Gasteiger partial charge in [0.05, 0.1) is 12.1 Å². The molecule has 0 radical (unpaired) electrons. The molecular formula is C30H38F3N7O. The zero-order valence-corrected chi connectivity index (χ0v) is 23.3. The van der Waals surface area contributed by atoms with Crippen molar-refractivity contribution in [1.29, 1.82) is 0 Å². The van der Waals surface area contributed by atoms with Crippen LogP contribution in [0.25, 0.3) is 4.85 Å². The molecule has 220 valence electrons. The van der Waals surface area contributed by atoms with Crippen LogP contribution in [0.1, 0.15) is 36.8 Å². The Hall–Kier alpha value is -3.20. The molecule has 0 unspecified atom stereocenters. The number of amides is 1. The number of nitrogens with one attached hydrogen (secondary N) is 2. The number of anilines is 2. The van der Waals surface area contributed by atoms with Crippen LogP contribution in [0, 0.1) is 18.4 Å². The topological polar surface area (TPSA) is 68.1 Å². The lowest BCUT2D eigenvalue weighted by Gasteiger charge is -2.36. The lowest BCUT2D eigenvalue weighted by molar-refractivity contribution is -0.136. The van der Waals surface area contributed by atoms with E-state index in [9.17, 15) is 18.0 Å². The summed E-state index contributed by atoms with van der Waals surface area (Å²) in [5, 5.41) is 6.33. The van der Waals surface area contributed by atoms with Gasteiger partial charge < -0.3 is 20.4 Å². The second-order valence-corrected chi connectivity index (χ2v) is 11.4. The predicted molar refractivity (Wildman–Crippen MR) is 153 cm³/mol. The Bertz CT molecular complexity index is 1210. The van der Waals surface area contributed by atoms with Crippen molar-refractivity contribution in [2.45, 2.75) is 38.4 Å². The molecule has 0 aliphatic carbocycles. The number of nitrogens with zero attached hydrogens (tertiary/aromatic N) is 5. The van der Waals surface area contributed by atoms with Crippen LogP contribution in [0.3, 0.4) is 0 Å². The van der Waals surface area contributed by atoms with Gasteiger partial charge in [-0.1, -0.05) is 12.1 Å². The van der Waals surface area contributed by atoms with Gasteiger partial charge >= 0.3 is 6.18 Å². The fourth-order valence-corrected chi connectivity index (χ4v) is 6.11. The Labute approximate surface area is 239 Å². The van der Waals surface area contributed by atoms with Crippen molar-refractivity contribution >= 4 is 23.1 Å². The molecule has 41 heavy (non-hydrogen) atoms. The van der Waals surface area contributed by atoms with Crippen molar-refractivity contribution in [3.8, 4) is 0 Å². The lowest BCUT2D eigenvalue weighted by atomic mass is 9.95. The number of hydrogen-bond donors (Lipinski definition) is 2. The zero-order valence-electron chi connectivity index (χ0n) is 23.3. The van der Waals surface area contributed by atoms with Crippen LogP contribution in [0.4, 0.5) is 30.4 Å².